The summed E-state index contributed by atoms with van der Waals surface area (Å²) in [5.74, 6) is 1.02. The molecule has 0 unspecified atom stereocenters. The lowest BCUT2D eigenvalue weighted by Crippen LogP contribution is -2.51. The molecule has 2 saturated heterocycles. The van der Waals surface area contributed by atoms with Crippen molar-refractivity contribution in [3.8, 4) is 0 Å². The van der Waals surface area contributed by atoms with Crippen LogP contribution < -0.4 is 5.32 Å². The molecule has 0 aromatic carbocycles. The zero-order valence-corrected chi connectivity index (χ0v) is 17.4. The van der Waals surface area contributed by atoms with Crippen molar-refractivity contribution in [3.63, 3.8) is 0 Å². The van der Waals surface area contributed by atoms with Gasteiger partial charge in [-0.15, -0.1) is 0 Å². The van der Waals surface area contributed by atoms with Gasteiger partial charge in [-0.1, -0.05) is 6.07 Å². The van der Waals surface area contributed by atoms with Crippen LogP contribution in [0, 0.1) is 11.8 Å². The number of carbonyl (C=O) groups excluding carboxylic acids is 2. The van der Waals surface area contributed by atoms with Crippen LogP contribution in [0.3, 0.4) is 0 Å². The highest BCUT2D eigenvalue weighted by atomic mass is 16.2. The summed E-state index contributed by atoms with van der Waals surface area (Å²) in [4.78, 5) is 33.6. The molecule has 0 bridgehead atoms. The lowest BCUT2D eigenvalue weighted by Gasteiger charge is -2.42. The highest BCUT2D eigenvalue weighted by molar-refractivity contribution is 5.81. The number of hydrogen-bond acceptors (Lipinski definition) is 4. The molecule has 158 valence electrons. The van der Waals surface area contributed by atoms with Gasteiger partial charge in [0.15, 0.2) is 0 Å². The number of hydrogen-bond donors (Lipinski definition) is 1. The average Bonchev–Trinajstić information content (AvgIpc) is 3.62. The van der Waals surface area contributed by atoms with E-state index in [2.05, 4.69) is 26.2 Å². The molecular weight excluding hydrogens is 364 g/mol. The van der Waals surface area contributed by atoms with E-state index in [9.17, 15) is 9.59 Å². The van der Waals surface area contributed by atoms with E-state index in [1.54, 1.807) is 6.20 Å². The highest BCUT2D eigenvalue weighted by Gasteiger charge is 2.37. The van der Waals surface area contributed by atoms with E-state index in [1.165, 1.54) is 5.56 Å². The summed E-state index contributed by atoms with van der Waals surface area (Å²) in [6.45, 7) is 4.47. The van der Waals surface area contributed by atoms with E-state index in [4.69, 9.17) is 0 Å². The fraction of sp³-hybridized carbons (Fsp3) is 0.696. The molecule has 1 N–H and O–H groups in total. The van der Waals surface area contributed by atoms with E-state index in [-0.39, 0.29) is 11.8 Å². The Labute approximate surface area is 174 Å². The first-order chi connectivity index (χ1) is 14.2. The first kappa shape index (κ1) is 20.3. The molecule has 6 heteroatoms. The number of nitrogens with zero attached hydrogens (tertiary/aromatic N) is 3. The van der Waals surface area contributed by atoms with E-state index in [0.717, 1.165) is 84.1 Å². The van der Waals surface area contributed by atoms with E-state index >= 15 is 0 Å². The van der Waals surface area contributed by atoms with Crippen LogP contribution in [-0.4, -0.2) is 65.4 Å². The molecule has 2 amide bonds. The molecule has 0 spiro atoms. The number of aryl methyl sites for hydroxylation is 1. The Bertz CT molecular complexity index is 683. The summed E-state index contributed by atoms with van der Waals surface area (Å²) in [5.41, 5.74) is 1.22. The molecule has 3 fully saturated rings. The minimum Gasteiger partial charge on any atom is -0.356 e. The zero-order chi connectivity index (χ0) is 20.1. The molecule has 6 nitrogen and oxygen atoms in total. The van der Waals surface area contributed by atoms with Crippen molar-refractivity contribution in [1.29, 1.82) is 0 Å². The van der Waals surface area contributed by atoms with Gasteiger partial charge < -0.3 is 10.2 Å². The number of amides is 2. The van der Waals surface area contributed by atoms with E-state index in [0.29, 0.717) is 17.9 Å². The molecule has 4 rings (SSSR count). The Morgan fingerprint density at radius 3 is 2.62 bits per heavy atom. The highest BCUT2D eigenvalue weighted by Crippen LogP contribution is 2.32. The van der Waals surface area contributed by atoms with Crippen LogP contribution in [0.5, 0.6) is 0 Å². The number of piperidine rings is 2. The van der Waals surface area contributed by atoms with Crippen molar-refractivity contribution in [2.45, 2.75) is 57.4 Å². The summed E-state index contributed by atoms with van der Waals surface area (Å²) in [5, 5.41) is 3.15. The van der Waals surface area contributed by atoms with Gasteiger partial charge in [0.2, 0.25) is 11.8 Å². The Morgan fingerprint density at radius 1 is 1.07 bits per heavy atom. The second-order valence-electron chi connectivity index (χ2n) is 8.92. The second-order valence-corrected chi connectivity index (χ2v) is 8.92. The number of nitrogens with one attached hydrogen (secondary N) is 1. The Morgan fingerprint density at radius 2 is 1.90 bits per heavy atom. The van der Waals surface area contributed by atoms with Crippen LogP contribution in [0.1, 0.15) is 50.5 Å². The van der Waals surface area contributed by atoms with Gasteiger partial charge in [0.05, 0.1) is 5.92 Å². The van der Waals surface area contributed by atoms with Crippen molar-refractivity contribution in [2.24, 2.45) is 11.8 Å². The monoisotopic (exact) mass is 398 g/mol. The summed E-state index contributed by atoms with van der Waals surface area (Å²) >= 11 is 0. The molecule has 2 aliphatic heterocycles. The summed E-state index contributed by atoms with van der Waals surface area (Å²) < 4.78 is 0. The van der Waals surface area contributed by atoms with Gasteiger partial charge in [0, 0.05) is 50.5 Å². The maximum atomic E-state index is 12.7. The van der Waals surface area contributed by atoms with Crippen LogP contribution >= 0.6 is 0 Å². The van der Waals surface area contributed by atoms with Crippen molar-refractivity contribution in [1.82, 2.24) is 20.1 Å². The topological polar surface area (TPSA) is 65.5 Å². The van der Waals surface area contributed by atoms with Crippen molar-refractivity contribution >= 4 is 11.8 Å². The Hall–Kier alpha value is -1.95. The third kappa shape index (κ3) is 5.56. The molecule has 1 atom stereocenters. The maximum Gasteiger partial charge on any atom is 0.225 e. The smallest absolute Gasteiger partial charge is 0.225 e. The van der Waals surface area contributed by atoms with Gasteiger partial charge in [-0.05, 0) is 69.5 Å². The standard InChI is InChI=1S/C23H34N4O2/c28-22(25-12-2-5-18-4-1-11-24-16-18)20-6-3-13-27(17-20)21-9-14-26(15-10-21)23(29)19-7-8-19/h1,4,11,16,19-21H,2-3,5-10,12-15,17H2,(H,25,28)/t20-/m0/s1. The zero-order valence-electron chi connectivity index (χ0n) is 17.4. The minimum atomic E-state index is 0.105. The molecular formula is C23H34N4O2. The fourth-order valence-electron chi connectivity index (χ4n) is 4.79. The third-order valence-corrected chi connectivity index (χ3v) is 6.71. The largest absolute Gasteiger partial charge is 0.356 e. The van der Waals surface area contributed by atoms with E-state index in [1.807, 2.05) is 12.3 Å². The Kier molecular flexibility index (Phi) is 6.80. The quantitative estimate of drug-likeness (QED) is 0.716. The SMILES string of the molecule is O=C(NCCCc1cccnc1)[C@H]1CCCN(C2CCN(C(=O)C3CC3)CC2)C1. The van der Waals surface area contributed by atoms with Crippen LogP contribution in [0.15, 0.2) is 24.5 Å². The van der Waals surface area contributed by atoms with Gasteiger partial charge in [-0.25, -0.2) is 0 Å². The lowest BCUT2D eigenvalue weighted by atomic mass is 9.93. The van der Waals surface area contributed by atoms with Gasteiger partial charge in [0.1, 0.15) is 0 Å². The average molecular weight is 399 g/mol. The maximum absolute atomic E-state index is 12.7. The lowest BCUT2D eigenvalue weighted by molar-refractivity contribution is -0.134. The number of likely N-dealkylation sites (tertiary alicyclic amines) is 2. The number of pyridine rings is 1. The summed E-state index contributed by atoms with van der Waals surface area (Å²) in [6.07, 6.45) is 11.9. The van der Waals surface area contributed by atoms with E-state index < -0.39 is 0 Å². The second kappa shape index (κ2) is 9.70. The fourth-order valence-corrected chi connectivity index (χ4v) is 4.79. The van der Waals surface area contributed by atoms with Crippen LogP contribution in [0.4, 0.5) is 0 Å². The third-order valence-electron chi connectivity index (χ3n) is 6.71. The van der Waals surface area contributed by atoms with Gasteiger partial charge in [-0.2, -0.15) is 0 Å². The van der Waals surface area contributed by atoms with Crippen LogP contribution in [0.25, 0.3) is 0 Å². The number of rotatable bonds is 7. The normalized spacial score (nSPS) is 23.7. The van der Waals surface area contributed by atoms with Crippen LogP contribution in [0.2, 0.25) is 0 Å². The first-order valence-corrected chi connectivity index (χ1v) is 11.4. The molecule has 3 aliphatic rings. The van der Waals surface area contributed by atoms with Gasteiger partial charge in [0.25, 0.3) is 0 Å². The summed E-state index contributed by atoms with van der Waals surface area (Å²) in [7, 11) is 0. The van der Waals surface area contributed by atoms with Gasteiger partial charge >= 0.3 is 0 Å². The molecule has 1 aromatic rings. The molecule has 29 heavy (non-hydrogen) atoms. The predicted molar refractivity (Wildman–Crippen MR) is 112 cm³/mol. The molecule has 1 saturated carbocycles. The molecule has 1 aromatic heterocycles. The molecule has 0 radical (unpaired) electrons. The molecule has 3 heterocycles. The first-order valence-electron chi connectivity index (χ1n) is 11.4. The predicted octanol–water partition coefficient (Wildman–Crippen LogP) is 2.24. The summed E-state index contributed by atoms with van der Waals surface area (Å²) in [6, 6.07) is 4.56. The number of carbonyl (C=O) groups is 2. The minimum absolute atomic E-state index is 0.105. The van der Waals surface area contributed by atoms with Crippen molar-refractivity contribution in [3.05, 3.63) is 30.1 Å². The Balaban J connectivity index is 1.17. The molecule has 1 aliphatic carbocycles. The van der Waals surface area contributed by atoms with Gasteiger partial charge in [-0.3, -0.25) is 19.5 Å². The van der Waals surface area contributed by atoms with Crippen molar-refractivity contribution < 1.29 is 9.59 Å². The van der Waals surface area contributed by atoms with Crippen molar-refractivity contribution in [2.75, 3.05) is 32.7 Å². The number of aromatic nitrogens is 1. The van der Waals surface area contributed by atoms with Crippen LogP contribution in [-0.2, 0) is 16.0 Å².